The standard InChI is InChI=1S/C11H19N3O/c1-4-14-7-10(6-13-14)5-11(15)8(2)9(3)12/h6-9H,4-5,12H2,1-3H3. The molecule has 0 aliphatic carbocycles. The molecule has 2 atom stereocenters. The highest BCUT2D eigenvalue weighted by atomic mass is 16.1. The maximum atomic E-state index is 11.7. The van der Waals surface area contributed by atoms with E-state index in [0.29, 0.717) is 6.42 Å². The summed E-state index contributed by atoms with van der Waals surface area (Å²) in [5.74, 6) is 0.0932. The van der Waals surface area contributed by atoms with Crippen molar-refractivity contribution in [3.05, 3.63) is 18.0 Å². The monoisotopic (exact) mass is 209 g/mol. The Morgan fingerprint density at radius 1 is 1.60 bits per heavy atom. The largest absolute Gasteiger partial charge is 0.327 e. The topological polar surface area (TPSA) is 60.9 Å². The quantitative estimate of drug-likeness (QED) is 0.787. The Balaban J connectivity index is 2.58. The summed E-state index contributed by atoms with van der Waals surface area (Å²) >= 11 is 0. The molecule has 0 aliphatic heterocycles. The molecule has 4 nitrogen and oxygen atoms in total. The normalized spacial score (nSPS) is 14.9. The van der Waals surface area contributed by atoms with Crippen molar-refractivity contribution < 1.29 is 4.79 Å². The molecule has 2 N–H and O–H groups in total. The van der Waals surface area contributed by atoms with Crippen LogP contribution in [0.25, 0.3) is 0 Å². The fourth-order valence-corrected chi connectivity index (χ4v) is 1.33. The number of Topliss-reactive ketones (excluding diaryl/α,β-unsaturated/α-hetero) is 1. The zero-order chi connectivity index (χ0) is 11.4. The summed E-state index contributed by atoms with van der Waals surface area (Å²) in [7, 11) is 0. The fourth-order valence-electron chi connectivity index (χ4n) is 1.33. The third kappa shape index (κ3) is 3.16. The molecule has 0 bridgehead atoms. The molecule has 4 heteroatoms. The Hall–Kier alpha value is -1.16. The Morgan fingerprint density at radius 3 is 2.73 bits per heavy atom. The highest BCUT2D eigenvalue weighted by molar-refractivity contribution is 5.83. The van der Waals surface area contributed by atoms with Crippen molar-refractivity contribution in [2.24, 2.45) is 11.7 Å². The molecule has 0 saturated heterocycles. The Kier molecular flexibility index (Phi) is 4.03. The lowest BCUT2D eigenvalue weighted by Gasteiger charge is -2.13. The van der Waals surface area contributed by atoms with Gasteiger partial charge in [0.25, 0.3) is 0 Å². The lowest BCUT2D eigenvalue weighted by molar-refractivity contribution is -0.122. The van der Waals surface area contributed by atoms with E-state index in [1.54, 1.807) is 6.20 Å². The number of rotatable bonds is 5. The Labute approximate surface area is 90.5 Å². The second-order valence-corrected chi connectivity index (χ2v) is 4.00. The first-order valence-corrected chi connectivity index (χ1v) is 5.34. The van der Waals surface area contributed by atoms with Crippen LogP contribution in [-0.2, 0) is 17.8 Å². The molecule has 0 aromatic carbocycles. The molecule has 0 saturated carbocycles. The first kappa shape index (κ1) is 11.9. The number of aromatic nitrogens is 2. The predicted octanol–water partition coefficient (Wildman–Crippen LogP) is 0.998. The Morgan fingerprint density at radius 2 is 2.27 bits per heavy atom. The van der Waals surface area contributed by atoms with Crippen LogP contribution in [-0.4, -0.2) is 21.6 Å². The van der Waals surface area contributed by atoms with Crippen LogP contribution < -0.4 is 5.73 Å². The van der Waals surface area contributed by atoms with Gasteiger partial charge in [-0.15, -0.1) is 0 Å². The lowest BCUT2D eigenvalue weighted by Crippen LogP contribution is -2.31. The maximum Gasteiger partial charge on any atom is 0.141 e. The van der Waals surface area contributed by atoms with Crippen molar-refractivity contribution in [2.45, 2.75) is 39.8 Å². The number of nitrogens with zero attached hydrogens (tertiary/aromatic N) is 2. The van der Waals surface area contributed by atoms with Gasteiger partial charge < -0.3 is 5.73 Å². The first-order chi connectivity index (χ1) is 7.04. The van der Waals surface area contributed by atoms with Gasteiger partial charge in [0.15, 0.2) is 0 Å². The molecule has 1 heterocycles. The lowest BCUT2D eigenvalue weighted by atomic mass is 9.95. The van der Waals surface area contributed by atoms with Gasteiger partial charge in [-0.05, 0) is 19.4 Å². The second kappa shape index (κ2) is 5.07. The van der Waals surface area contributed by atoms with Crippen molar-refractivity contribution in [3.8, 4) is 0 Å². The summed E-state index contributed by atoms with van der Waals surface area (Å²) in [6.45, 7) is 6.58. The number of hydrogen-bond acceptors (Lipinski definition) is 3. The number of nitrogens with two attached hydrogens (primary N) is 1. The van der Waals surface area contributed by atoms with E-state index in [9.17, 15) is 4.79 Å². The minimum atomic E-state index is -0.0880. The summed E-state index contributed by atoms with van der Waals surface area (Å²) in [5, 5.41) is 4.13. The molecule has 15 heavy (non-hydrogen) atoms. The van der Waals surface area contributed by atoms with Crippen molar-refractivity contribution in [1.82, 2.24) is 9.78 Å². The van der Waals surface area contributed by atoms with E-state index in [1.807, 2.05) is 31.6 Å². The summed E-state index contributed by atoms with van der Waals surface area (Å²) in [5.41, 5.74) is 6.65. The predicted molar refractivity (Wildman–Crippen MR) is 59.4 cm³/mol. The third-order valence-corrected chi connectivity index (χ3v) is 2.69. The molecule has 0 aliphatic rings. The molecular formula is C11H19N3O. The minimum Gasteiger partial charge on any atom is -0.327 e. The van der Waals surface area contributed by atoms with Crippen LogP contribution in [0.5, 0.6) is 0 Å². The smallest absolute Gasteiger partial charge is 0.141 e. The molecule has 2 unspecified atom stereocenters. The third-order valence-electron chi connectivity index (χ3n) is 2.69. The van der Waals surface area contributed by atoms with Crippen LogP contribution in [0, 0.1) is 5.92 Å². The van der Waals surface area contributed by atoms with Gasteiger partial charge in [-0.25, -0.2) is 0 Å². The fraction of sp³-hybridized carbons (Fsp3) is 0.636. The van der Waals surface area contributed by atoms with Gasteiger partial charge in [-0.2, -0.15) is 5.10 Å². The molecular weight excluding hydrogens is 190 g/mol. The van der Waals surface area contributed by atoms with Gasteiger partial charge in [0.2, 0.25) is 0 Å². The van der Waals surface area contributed by atoms with Crippen molar-refractivity contribution >= 4 is 5.78 Å². The summed E-state index contributed by atoms with van der Waals surface area (Å²) in [4.78, 5) is 11.7. The van der Waals surface area contributed by atoms with E-state index in [1.165, 1.54) is 0 Å². The Bertz CT molecular complexity index is 330. The molecule has 0 spiro atoms. The van der Waals surface area contributed by atoms with Gasteiger partial charge in [0.1, 0.15) is 5.78 Å². The molecule has 1 rings (SSSR count). The zero-order valence-electron chi connectivity index (χ0n) is 9.60. The van der Waals surface area contributed by atoms with E-state index < -0.39 is 0 Å². The average Bonchev–Trinajstić information content (AvgIpc) is 2.64. The minimum absolute atomic E-state index is 0.0845. The first-order valence-electron chi connectivity index (χ1n) is 5.34. The van der Waals surface area contributed by atoms with E-state index in [-0.39, 0.29) is 17.7 Å². The van der Waals surface area contributed by atoms with Crippen molar-refractivity contribution in [3.63, 3.8) is 0 Å². The van der Waals surface area contributed by atoms with Crippen LogP contribution in [0.2, 0.25) is 0 Å². The van der Waals surface area contributed by atoms with E-state index >= 15 is 0 Å². The highest BCUT2D eigenvalue weighted by Crippen LogP contribution is 2.08. The number of ketones is 1. The van der Waals surface area contributed by atoms with Crippen LogP contribution in [0.4, 0.5) is 0 Å². The molecule has 84 valence electrons. The van der Waals surface area contributed by atoms with Gasteiger partial charge >= 0.3 is 0 Å². The van der Waals surface area contributed by atoms with Crippen molar-refractivity contribution in [1.29, 1.82) is 0 Å². The summed E-state index contributed by atoms with van der Waals surface area (Å²) < 4.78 is 1.82. The number of carbonyl (C=O) groups is 1. The molecule has 1 aromatic rings. The average molecular weight is 209 g/mol. The van der Waals surface area contributed by atoms with E-state index in [4.69, 9.17) is 5.73 Å². The van der Waals surface area contributed by atoms with Crippen LogP contribution in [0.3, 0.4) is 0 Å². The number of hydrogen-bond donors (Lipinski definition) is 1. The molecule has 0 amide bonds. The van der Waals surface area contributed by atoms with Gasteiger partial charge in [-0.3, -0.25) is 9.48 Å². The molecule has 0 radical (unpaired) electrons. The summed E-state index contributed by atoms with van der Waals surface area (Å²) in [6, 6.07) is -0.0845. The number of aryl methyl sites for hydroxylation is 1. The number of carbonyl (C=O) groups excluding carboxylic acids is 1. The summed E-state index contributed by atoms with van der Waals surface area (Å²) in [6.07, 6.45) is 4.09. The molecule has 0 fully saturated rings. The zero-order valence-corrected chi connectivity index (χ0v) is 9.60. The van der Waals surface area contributed by atoms with Crippen molar-refractivity contribution in [2.75, 3.05) is 0 Å². The van der Waals surface area contributed by atoms with Crippen LogP contribution in [0.1, 0.15) is 26.3 Å². The SMILES string of the molecule is CCn1cc(CC(=O)C(C)C(C)N)cn1. The van der Waals surface area contributed by atoms with Gasteiger partial charge in [0.05, 0.1) is 6.20 Å². The van der Waals surface area contributed by atoms with Gasteiger partial charge in [0, 0.05) is 31.1 Å². The van der Waals surface area contributed by atoms with E-state index in [0.717, 1.165) is 12.1 Å². The molecule has 1 aromatic heterocycles. The second-order valence-electron chi connectivity index (χ2n) is 4.00. The highest BCUT2D eigenvalue weighted by Gasteiger charge is 2.17. The van der Waals surface area contributed by atoms with E-state index in [2.05, 4.69) is 5.10 Å². The maximum absolute atomic E-state index is 11.7. The van der Waals surface area contributed by atoms with Crippen LogP contribution >= 0.6 is 0 Å². The van der Waals surface area contributed by atoms with Crippen LogP contribution in [0.15, 0.2) is 12.4 Å². The van der Waals surface area contributed by atoms with Gasteiger partial charge in [-0.1, -0.05) is 6.92 Å².